The molecule has 246 valence electrons. The normalized spacial score (nSPS) is 11.8. The number of hydrazone groups is 1. The van der Waals surface area contributed by atoms with E-state index in [1.54, 1.807) is 0 Å². The average Bonchev–Trinajstić information content (AvgIpc) is 3.67. The number of para-hydroxylation sites is 3. The highest BCUT2D eigenvalue weighted by molar-refractivity contribution is 6.12. The summed E-state index contributed by atoms with van der Waals surface area (Å²) in [6, 6.07) is 59.2. The first-order valence-electron chi connectivity index (χ1n) is 17.6. The Bertz CT molecular complexity index is 2700. The van der Waals surface area contributed by atoms with Crippen LogP contribution in [0.2, 0.25) is 0 Å². The molecule has 0 saturated carbocycles. The second-order valence-corrected chi connectivity index (χ2v) is 13.5. The number of aromatic nitrogens is 2. The van der Waals surface area contributed by atoms with Gasteiger partial charge >= 0.3 is 0 Å². The Hall–Kier alpha value is -6.39. The van der Waals surface area contributed by atoms with Gasteiger partial charge in [-0.3, -0.25) is 5.01 Å². The third-order valence-corrected chi connectivity index (χ3v) is 10.0. The van der Waals surface area contributed by atoms with Gasteiger partial charge in [0.25, 0.3) is 0 Å². The smallest absolute Gasteiger partial charge is 0.112 e. The van der Waals surface area contributed by atoms with Crippen LogP contribution in [0.5, 0.6) is 0 Å². The van der Waals surface area contributed by atoms with E-state index in [4.69, 9.17) is 5.10 Å². The predicted molar refractivity (Wildman–Crippen MR) is 215 cm³/mol. The van der Waals surface area contributed by atoms with Crippen LogP contribution in [-0.2, 0) is 13.2 Å². The fourth-order valence-electron chi connectivity index (χ4n) is 7.38. The molecule has 4 heteroatoms. The molecule has 0 fully saturated rings. The summed E-state index contributed by atoms with van der Waals surface area (Å²) in [4.78, 5) is 0. The van der Waals surface area contributed by atoms with Crippen molar-refractivity contribution in [3.05, 3.63) is 186 Å². The van der Waals surface area contributed by atoms with E-state index >= 15 is 0 Å². The molecule has 0 spiro atoms. The second kappa shape index (κ2) is 12.8. The second-order valence-electron chi connectivity index (χ2n) is 13.5. The molecule has 9 rings (SSSR count). The lowest BCUT2D eigenvalue weighted by molar-refractivity contribution is 0.228. The number of hydrogen-bond donors (Lipinski definition) is 0. The molecule has 51 heavy (non-hydrogen) atoms. The molecule has 0 bridgehead atoms. The number of nitrogens with zero attached hydrogens (tertiary/aromatic N) is 4. The van der Waals surface area contributed by atoms with Crippen molar-refractivity contribution in [3.63, 3.8) is 0 Å². The van der Waals surface area contributed by atoms with E-state index in [1.807, 2.05) is 6.21 Å². The van der Waals surface area contributed by atoms with Crippen LogP contribution in [0.4, 0.5) is 0 Å². The van der Waals surface area contributed by atoms with E-state index in [9.17, 15) is 0 Å². The van der Waals surface area contributed by atoms with Crippen LogP contribution in [-0.4, -0.2) is 20.4 Å². The quantitative estimate of drug-likeness (QED) is 0.118. The maximum atomic E-state index is 5.09. The van der Waals surface area contributed by atoms with Gasteiger partial charge in [-0.25, -0.2) is 0 Å². The van der Waals surface area contributed by atoms with Gasteiger partial charge in [0.05, 0.1) is 34.8 Å². The lowest BCUT2D eigenvalue weighted by Gasteiger charge is -2.22. The lowest BCUT2D eigenvalue weighted by Crippen LogP contribution is -2.21. The maximum Gasteiger partial charge on any atom is 0.112 e. The molecule has 0 aliphatic rings. The van der Waals surface area contributed by atoms with Gasteiger partial charge in [-0.1, -0.05) is 132 Å². The molecular weight excluding hydrogens is 621 g/mol. The molecule has 0 aliphatic heterocycles. The number of fused-ring (bicyclic) bond motifs is 6. The fourth-order valence-corrected chi connectivity index (χ4v) is 7.38. The van der Waals surface area contributed by atoms with Crippen LogP contribution >= 0.6 is 0 Å². The Balaban J connectivity index is 1.16. The first kappa shape index (κ1) is 30.7. The Morgan fingerprint density at radius 1 is 0.510 bits per heavy atom. The molecule has 0 radical (unpaired) electrons. The first-order valence-corrected chi connectivity index (χ1v) is 17.6. The molecule has 0 aliphatic carbocycles. The van der Waals surface area contributed by atoms with Gasteiger partial charge in [-0.2, -0.15) is 5.10 Å². The lowest BCUT2D eigenvalue weighted by atomic mass is 10.0. The highest BCUT2D eigenvalue weighted by Crippen LogP contribution is 2.37. The van der Waals surface area contributed by atoms with Crippen LogP contribution in [0, 0.1) is 13.8 Å². The summed E-state index contributed by atoms with van der Waals surface area (Å²) in [6.07, 6.45) is 1.98. The number of rotatable bonds is 8. The minimum absolute atomic E-state index is 0.604. The van der Waals surface area contributed by atoms with Gasteiger partial charge < -0.3 is 9.13 Å². The summed E-state index contributed by atoms with van der Waals surface area (Å²) < 4.78 is 4.80. The van der Waals surface area contributed by atoms with Crippen molar-refractivity contribution in [3.8, 4) is 16.8 Å². The van der Waals surface area contributed by atoms with E-state index in [0.717, 1.165) is 5.56 Å². The zero-order chi connectivity index (χ0) is 34.3. The molecule has 4 nitrogen and oxygen atoms in total. The summed E-state index contributed by atoms with van der Waals surface area (Å²) in [5, 5.41) is 12.3. The van der Waals surface area contributed by atoms with Crippen molar-refractivity contribution in [1.82, 2.24) is 14.1 Å². The Morgan fingerprint density at radius 2 is 1.10 bits per heavy atom. The first-order chi connectivity index (χ1) is 25.1. The van der Waals surface area contributed by atoms with E-state index in [0.29, 0.717) is 13.2 Å². The monoisotopic (exact) mass is 658 g/mol. The van der Waals surface area contributed by atoms with Gasteiger partial charge in [0, 0.05) is 27.2 Å². The van der Waals surface area contributed by atoms with E-state index in [1.165, 1.54) is 77.1 Å². The van der Waals surface area contributed by atoms with Crippen molar-refractivity contribution < 1.29 is 0 Å². The molecular formula is C47H38N4. The zero-order valence-electron chi connectivity index (χ0n) is 28.9. The largest absolute Gasteiger partial charge is 0.321 e. The van der Waals surface area contributed by atoms with E-state index in [-0.39, 0.29) is 0 Å². The van der Waals surface area contributed by atoms with Gasteiger partial charge in [0.2, 0.25) is 0 Å². The molecule has 0 atom stereocenters. The Labute approximate surface area is 298 Å². The average molecular weight is 659 g/mol. The van der Waals surface area contributed by atoms with Crippen molar-refractivity contribution in [2.24, 2.45) is 5.10 Å². The van der Waals surface area contributed by atoms with Crippen LogP contribution < -0.4 is 0 Å². The van der Waals surface area contributed by atoms with Crippen LogP contribution in [0.15, 0.2) is 169 Å². The van der Waals surface area contributed by atoms with Crippen LogP contribution in [0.3, 0.4) is 0 Å². The summed E-state index contributed by atoms with van der Waals surface area (Å²) in [7, 11) is 0. The molecule has 0 N–H and O–H groups in total. The molecule has 0 saturated heterocycles. The van der Waals surface area contributed by atoms with Crippen molar-refractivity contribution in [1.29, 1.82) is 0 Å². The van der Waals surface area contributed by atoms with E-state index in [2.05, 4.69) is 192 Å². The summed E-state index contributed by atoms with van der Waals surface area (Å²) >= 11 is 0. The van der Waals surface area contributed by atoms with Crippen molar-refractivity contribution >= 4 is 49.8 Å². The third-order valence-electron chi connectivity index (χ3n) is 10.0. The topological polar surface area (TPSA) is 25.5 Å². The van der Waals surface area contributed by atoms with Gasteiger partial charge in [0.1, 0.15) is 6.67 Å². The zero-order valence-corrected chi connectivity index (χ0v) is 28.9. The van der Waals surface area contributed by atoms with Crippen LogP contribution in [0.1, 0.15) is 22.3 Å². The molecule has 0 amide bonds. The van der Waals surface area contributed by atoms with Crippen molar-refractivity contribution in [2.75, 3.05) is 0 Å². The summed E-state index contributed by atoms with van der Waals surface area (Å²) in [5.74, 6) is 0. The summed E-state index contributed by atoms with van der Waals surface area (Å²) in [5.41, 5.74) is 13.2. The molecule has 7 aromatic carbocycles. The highest BCUT2D eigenvalue weighted by Gasteiger charge is 2.16. The van der Waals surface area contributed by atoms with E-state index < -0.39 is 0 Å². The van der Waals surface area contributed by atoms with Crippen LogP contribution in [0.25, 0.3) is 60.4 Å². The van der Waals surface area contributed by atoms with Gasteiger partial charge in [0.15, 0.2) is 0 Å². The highest BCUT2D eigenvalue weighted by atomic mass is 15.5. The fraction of sp³-hybridized carbons (Fsp3) is 0.0851. The Kier molecular flexibility index (Phi) is 7.70. The molecule has 2 aromatic heterocycles. The minimum Gasteiger partial charge on any atom is -0.321 e. The Morgan fingerprint density at radius 3 is 1.86 bits per heavy atom. The number of aryl methyl sites for hydroxylation is 2. The molecule has 2 heterocycles. The predicted octanol–water partition coefficient (Wildman–Crippen LogP) is 11.7. The molecule has 9 aromatic rings. The van der Waals surface area contributed by atoms with Crippen molar-refractivity contribution in [2.45, 2.75) is 27.1 Å². The number of benzene rings is 7. The maximum absolute atomic E-state index is 5.09. The SMILES string of the molecule is Cc1ccc(/C=N/N(Cc2ccc(C)cc2)Cn2c3ccccc3c3ccc(-c4ccc5c(c4)c4ccccc4n5-c4ccccc4)cc32)cc1. The minimum atomic E-state index is 0.604. The molecule has 0 unspecified atom stereocenters. The summed E-state index contributed by atoms with van der Waals surface area (Å²) in [6.45, 7) is 5.54. The number of hydrogen-bond acceptors (Lipinski definition) is 2. The third kappa shape index (κ3) is 5.75. The standard InChI is InChI=1S/C47H38N4/c1-33-16-20-35(21-17-33)30-48-49(31-36-22-18-34(2)19-23-36)32-50-44-14-8-6-12-40(44)42-26-24-38(29-47(42)50)37-25-27-46-43(28-37)41-13-7-9-15-45(41)51(46)39-10-4-3-5-11-39/h3-30H,31-32H2,1-2H3/b48-30+. The van der Waals surface area contributed by atoms with Gasteiger partial charge in [-0.05, 0) is 78.6 Å². The van der Waals surface area contributed by atoms with Gasteiger partial charge in [-0.15, -0.1) is 0 Å².